The second kappa shape index (κ2) is 10.0. The Bertz CT molecular complexity index is 972. The number of rotatable bonds is 4. The van der Waals surface area contributed by atoms with Crippen LogP contribution in [0.3, 0.4) is 0 Å². The maximum atomic E-state index is 13.2. The van der Waals surface area contributed by atoms with E-state index in [1.54, 1.807) is 15.3 Å². The van der Waals surface area contributed by atoms with Crippen molar-refractivity contribution in [2.75, 3.05) is 57.3 Å². The van der Waals surface area contributed by atoms with Crippen LogP contribution in [0.25, 0.3) is 0 Å². The van der Waals surface area contributed by atoms with Gasteiger partial charge in [0.25, 0.3) is 10.2 Å². The SMILES string of the molecule is CC1CCN(S(=O)(=O)N2CCCC(C(=O)N3CCN(c4cccc(C(F)(F)F)c4)CC3)C2)CC1. The number of benzene rings is 1. The molecule has 4 rings (SSSR count). The lowest BCUT2D eigenvalue weighted by atomic mass is 9.97. The topological polar surface area (TPSA) is 64.2 Å². The van der Waals surface area contributed by atoms with E-state index in [9.17, 15) is 26.4 Å². The molecule has 0 aromatic heterocycles. The molecule has 1 unspecified atom stereocenters. The van der Waals surface area contributed by atoms with Gasteiger partial charge in [-0.3, -0.25) is 4.79 Å². The van der Waals surface area contributed by atoms with Crippen molar-refractivity contribution < 1.29 is 26.4 Å². The Hall–Kier alpha value is -1.85. The average Bonchev–Trinajstić information content (AvgIpc) is 2.83. The molecule has 1 amide bonds. The second-order valence-electron chi connectivity index (χ2n) is 9.65. The van der Waals surface area contributed by atoms with Crippen LogP contribution < -0.4 is 4.90 Å². The van der Waals surface area contributed by atoms with Crippen molar-refractivity contribution in [2.45, 2.75) is 38.8 Å². The number of nitrogens with zero attached hydrogens (tertiary/aromatic N) is 4. The molecule has 1 atom stereocenters. The highest BCUT2D eigenvalue weighted by Gasteiger charge is 2.38. The Morgan fingerprint density at radius 2 is 1.62 bits per heavy atom. The van der Waals surface area contributed by atoms with Gasteiger partial charge in [-0.05, 0) is 49.8 Å². The Kier molecular flexibility index (Phi) is 7.44. The van der Waals surface area contributed by atoms with Gasteiger partial charge >= 0.3 is 6.18 Å². The molecule has 11 heteroatoms. The number of hydrogen-bond donors (Lipinski definition) is 0. The molecule has 7 nitrogen and oxygen atoms in total. The number of piperazine rings is 1. The summed E-state index contributed by atoms with van der Waals surface area (Å²) in [4.78, 5) is 16.8. The van der Waals surface area contributed by atoms with Gasteiger partial charge in [-0.15, -0.1) is 0 Å². The number of alkyl halides is 3. The van der Waals surface area contributed by atoms with E-state index in [1.165, 1.54) is 10.4 Å². The number of amides is 1. The number of hydrogen-bond acceptors (Lipinski definition) is 4. The second-order valence-corrected chi connectivity index (χ2v) is 11.6. The van der Waals surface area contributed by atoms with Crippen LogP contribution in [0, 0.1) is 11.8 Å². The number of piperidine rings is 2. The zero-order chi connectivity index (χ0) is 24.5. The molecule has 0 saturated carbocycles. The summed E-state index contributed by atoms with van der Waals surface area (Å²) < 4.78 is 68.4. The highest BCUT2D eigenvalue weighted by Crippen LogP contribution is 2.32. The van der Waals surface area contributed by atoms with E-state index in [-0.39, 0.29) is 18.4 Å². The minimum atomic E-state index is -4.40. The Morgan fingerprint density at radius 3 is 2.26 bits per heavy atom. The summed E-state index contributed by atoms with van der Waals surface area (Å²) in [7, 11) is -3.57. The van der Waals surface area contributed by atoms with Gasteiger partial charge < -0.3 is 9.80 Å². The summed E-state index contributed by atoms with van der Waals surface area (Å²) in [5, 5.41) is 0. The van der Waals surface area contributed by atoms with Crippen LogP contribution in [-0.4, -0.2) is 80.2 Å². The Labute approximate surface area is 199 Å². The van der Waals surface area contributed by atoms with Crippen molar-refractivity contribution in [1.29, 1.82) is 0 Å². The smallest absolute Gasteiger partial charge is 0.368 e. The zero-order valence-electron chi connectivity index (χ0n) is 19.5. The number of anilines is 1. The zero-order valence-corrected chi connectivity index (χ0v) is 20.3. The van der Waals surface area contributed by atoms with Gasteiger partial charge in [-0.1, -0.05) is 13.0 Å². The number of halogens is 3. The van der Waals surface area contributed by atoms with Crippen molar-refractivity contribution in [2.24, 2.45) is 11.8 Å². The van der Waals surface area contributed by atoms with Gasteiger partial charge in [-0.25, -0.2) is 0 Å². The van der Waals surface area contributed by atoms with E-state index in [2.05, 4.69) is 6.92 Å². The van der Waals surface area contributed by atoms with E-state index in [1.807, 2.05) is 4.90 Å². The summed E-state index contributed by atoms with van der Waals surface area (Å²) in [6.45, 7) is 5.49. The Balaban J connectivity index is 1.34. The van der Waals surface area contributed by atoms with Crippen LogP contribution in [0.2, 0.25) is 0 Å². The predicted octanol–water partition coefficient (Wildman–Crippen LogP) is 3.04. The molecule has 3 aliphatic rings. The summed E-state index contributed by atoms with van der Waals surface area (Å²) in [5.41, 5.74) is -0.192. The standard InChI is InChI=1S/C23H33F3N4O3S/c1-18-7-10-29(11-8-18)34(32,33)30-9-3-4-19(17-30)22(31)28-14-12-27(13-15-28)21-6-2-5-20(16-21)23(24,25)26/h2,5-6,16,18-19H,3-4,7-15,17H2,1H3. The fourth-order valence-corrected chi connectivity index (χ4v) is 6.78. The molecule has 1 aromatic rings. The summed E-state index contributed by atoms with van der Waals surface area (Å²) in [6, 6.07) is 5.24. The molecular formula is C23H33F3N4O3S. The molecule has 3 saturated heterocycles. The molecule has 1 aromatic carbocycles. The molecule has 0 N–H and O–H groups in total. The molecule has 0 bridgehead atoms. The van der Waals surface area contributed by atoms with Crippen molar-refractivity contribution >= 4 is 21.8 Å². The molecule has 190 valence electrons. The molecule has 34 heavy (non-hydrogen) atoms. The molecule has 0 radical (unpaired) electrons. The maximum Gasteiger partial charge on any atom is 0.416 e. The highest BCUT2D eigenvalue weighted by molar-refractivity contribution is 7.86. The van der Waals surface area contributed by atoms with E-state index in [0.29, 0.717) is 70.3 Å². The first kappa shape index (κ1) is 25.2. The molecule has 0 spiro atoms. The summed E-state index contributed by atoms with van der Waals surface area (Å²) in [6.07, 6.45) is -1.40. The molecule has 3 aliphatic heterocycles. The molecular weight excluding hydrogens is 469 g/mol. The first-order valence-electron chi connectivity index (χ1n) is 12.0. The van der Waals surface area contributed by atoms with Gasteiger partial charge in [0.1, 0.15) is 0 Å². The van der Waals surface area contributed by atoms with E-state index < -0.39 is 21.9 Å². The quantitative estimate of drug-likeness (QED) is 0.635. The van der Waals surface area contributed by atoms with Crippen molar-refractivity contribution in [3.05, 3.63) is 29.8 Å². The van der Waals surface area contributed by atoms with Gasteiger partial charge in [0.2, 0.25) is 5.91 Å². The fourth-order valence-electron chi connectivity index (χ4n) is 5.05. The lowest BCUT2D eigenvalue weighted by Gasteiger charge is -2.40. The predicted molar refractivity (Wildman–Crippen MR) is 123 cm³/mol. The van der Waals surface area contributed by atoms with E-state index in [0.717, 1.165) is 25.0 Å². The molecule has 0 aliphatic carbocycles. The van der Waals surface area contributed by atoms with Gasteiger partial charge in [0.15, 0.2) is 0 Å². The first-order valence-corrected chi connectivity index (χ1v) is 13.4. The third kappa shape index (κ3) is 5.52. The monoisotopic (exact) mass is 502 g/mol. The van der Waals surface area contributed by atoms with Crippen LogP contribution >= 0.6 is 0 Å². The number of carbonyl (C=O) groups is 1. The van der Waals surface area contributed by atoms with Crippen LogP contribution in [0.15, 0.2) is 24.3 Å². The fraction of sp³-hybridized carbons (Fsp3) is 0.696. The Morgan fingerprint density at radius 1 is 0.941 bits per heavy atom. The van der Waals surface area contributed by atoms with E-state index in [4.69, 9.17) is 0 Å². The van der Waals surface area contributed by atoms with Gasteiger partial charge in [0.05, 0.1) is 11.5 Å². The van der Waals surface area contributed by atoms with Crippen LogP contribution in [0.1, 0.15) is 38.2 Å². The van der Waals surface area contributed by atoms with Crippen LogP contribution in [0.4, 0.5) is 18.9 Å². The largest absolute Gasteiger partial charge is 0.416 e. The summed E-state index contributed by atoms with van der Waals surface area (Å²) in [5.74, 6) is 0.0833. The highest BCUT2D eigenvalue weighted by atomic mass is 32.2. The van der Waals surface area contributed by atoms with E-state index >= 15 is 0 Å². The first-order chi connectivity index (χ1) is 16.1. The lowest BCUT2D eigenvalue weighted by Crippen LogP contribution is -2.55. The summed E-state index contributed by atoms with van der Waals surface area (Å²) >= 11 is 0. The van der Waals surface area contributed by atoms with Crippen molar-refractivity contribution in [3.8, 4) is 0 Å². The normalized spacial score (nSPS) is 24.4. The minimum Gasteiger partial charge on any atom is -0.368 e. The third-order valence-corrected chi connectivity index (χ3v) is 9.26. The third-order valence-electron chi connectivity index (χ3n) is 7.26. The minimum absolute atomic E-state index is 0.0594. The van der Waals surface area contributed by atoms with Crippen molar-refractivity contribution in [3.63, 3.8) is 0 Å². The van der Waals surface area contributed by atoms with Gasteiger partial charge in [-0.2, -0.15) is 30.2 Å². The molecule has 3 heterocycles. The van der Waals surface area contributed by atoms with Gasteiger partial charge in [0, 0.05) is 58.0 Å². The number of carbonyl (C=O) groups excluding carboxylic acids is 1. The molecule has 3 fully saturated rings. The average molecular weight is 503 g/mol. The lowest BCUT2D eigenvalue weighted by molar-refractivity contribution is -0.137. The van der Waals surface area contributed by atoms with Crippen LogP contribution in [-0.2, 0) is 21.2 Å². The van der Waals surface area contributed by atoms with Crippen molar-refractivity contribution in [1.82, 2.24) is 13.5 Å². The maximum absolute atomic E-state index is 13.2. The van der Waals surface area contributed by atoms with Crippen LogP contribution in [0.5, 0.6) is 0 Å².